The minimum Gasteiger partial charge on any atom is -0.480 e. The zero-order chi connectivity index (χ0) is 20.5. The molecule has 1 unspecified atom stereocenters. The fraction of sp³-hybridized carbons (Fsp3) is 0.421. The van der Waals surface area contributed by atoms with Gasteiger partial charge in [-0.15, -0.1) is 0 Å². The van der Waals surface area contributed by atoms with Crippen molar-refractivity contribution in [1.82, 2.24) is 15.1 Å². The summed E-state index contributed by atoms with van der Waals surface area (Å²) >= 11 is 7.82. The Hall–Kier alpha value is -2.19. The number of nitrogens with one attached hydrogen (secondary N) is 1. The summed E-state index contributed by atoms with van der Waals surface area (Å²) in [7, 11) is 0. The van der Waals surface area contributed by atoms with Crippen LogP contribution < -0.4 is 5.32 Å². The summed E-state index contributed by atoms with van der Waals surface area (Å²) in [5.41, 5.74) is 2.54. The van der Waals surface area contributed by atoms with E-state index >= 15 is 0 Å². The molecule has 0 saturated carbocycles. The second-order valence-electron chi connectivity index (χ2n) is 6.10. The first-order valence-corrected chi connectivity index (χ1v) is 10.4. The summed E-state index contributed by atoms with van der Waals surface area (Å²) in [6.07, 6.45) is -0.471. The Kier molecular flexibility index (Phi) is 8.66. The summed E-state index contributed by atoms with van der Waals surface area (Å²) in [6.45, 7) is 4.65. The Bertz CT molecular complexity index is 798. The van der Waals surface area contributed by atoms with E-state index in [0.29, 0.717) is 16.5 Å². The van der Waals surface area contributed by atoms with Crippen molar-refractivity contribution in [2.75, 3.05) is 5.75 Å². The number of carbonyl (C=O) groups excluding carboxylic acids is 1. The van der Waals surface area contributed by atoms with Crippen LogP contribution in [0.15, 0.2) is 30.3 Å². The van der Waals surface area contributed by atoms with Crippen LogP contribution in [0.25, 0.3) is 0 Å². The van der Waals surface area contributed by atoms with E-state index in [2.05, 4.69) is 10.4 Å². The van der Waals surface area contributed by atoms with Crippen molar-refractivity contribution >= 4 is 35.4 Å². The molecule has 2 aromatic rings. The number of aromatic nitrogens is 2. The highest BCUT2D eigenvalue weighted by Gasteiger charge is 2.21. The molecule has 1 amide bonds. The Labute approximate surface area is 173 Å². The summed E-state index contributed by atoms with van der Waals surface area (Å²) in [4.78, 5) is 23.3. The molecule has 7 nitrogen and oxygen atoms in total. The number of alkyl carbamates (subject to hydrolysis) is 1. The van der Waals surface area contributed by atoms with Crippen molar-refractivity contribution < 1.29 is 19.4 Å². The van der Waals surface area contributed by atoms with E-state index in [0.717, 1.165) is 23.5 Å². The van der Waals surface area contributed by atoms with Gasteiger partial charge in [-0.25, -0.2) is 9.59 Å². The predicted octanol–water partition coefficient (Wildman–Crippen LogP) is 3.87. The van der Waals surface area contributed by atoms with Gasteiger partial charge in [0.15, 0.2) is 0 Å². The normalized spacial score (nSPS) is 11.8. The molecular formula is C19H24ClN3O4S. The third-order valence-corrected chi connectivity index (χ3v) is 5.54. The zero-order valence-corrected chi connectivity index (χ0v) is 17.4. The van der Waals surface area contributed by atoms with Gasteiger partial charge in [-0.2, -0.15) is 16.9 Å². The largest absolute Gasteiger partial charge is 0.480 e. The second kappa shape index (κ2) is 11.0. The number of hydrogen-bond acceptors (Lipinski definition) is 5. The number of aliphatic carboxylic acids is 1. The maximum atomic E-state index is 11.9. The highest BCUT2D eigenvalue weighted by molar-refractivity contribution is 7.98. The maximum absolute atomic E-state index is 11.9. The molecule has 1 atom stereocenters. The van der Waals surface area contributed by atoms with E-state index in [9.17, 15) is 14.7 Å². The molecule has 9 heteroatoms. The third kappa shape index (κ3) is 6.45. The SMILES string of the molecule is CCn1nc(C)c(Cl)c1CSCCC(NC(=O)OCc1ccccc1)C(=O)O. The topological polar surface area (TPSA) is 93.5 Å². The van der Waals surface area contributed by atoms with Crippen molar-refractivity contribution in [3.8, 4) is 0 Å². The lowest BCUT2D eigenvalue weighted by atomic mass is 10.2. The molecular weight excluding hydrogens is 402 g/mol. The van der Waals surface area contributed by atoms with Crippen LogP contribution in [0.3, 0.4) is 0 Å². The van der Waals surface area contributed by atoms with E-state index in [4.69, 9.17) is 16.3 Å². The highest BCUT2D eigenvalue weighted by atomic mass is 35.5. The Balaban J connectivity index is 1.78. The van der Waals surface area contributed by atoms with Gasteiger partial charge in [-0.1, -0.05) is 41.9 Å². The summed E-state index contributed by atoms with van der Waals surface area (Å²) in [6, 6.07) is 8.19. The molecule has 2 N–H and O–H groups in total. The molecule has 0 aliphatic rings. The van der Waals surface area contributed by atoms with E-state index < -0.39 is 18.1 Å². The van der Waals surface area contributed by atoms with Gasteiger partial charge in [-0.3, -0.25) is 4.68 Å². The second-order valence-corrected chi connectivity index (χ2v) is 7.58. The summed E-state index contributed by atoms with van der Waals surface area (Å²) in [5.74, 6) is 0.0724. The van der Waals surface area contributed by atoms with Crippen LogP contribution in [0.1, 0.15) is 30.3 Å². The predicted molar refractivity (Wildman–Crippen MR) is 110 cm³/mol. The Morgan fingerprint density at radius 1 is 1.36 bits per heavy atom. The van der Waals surface area contributed by atoms with Crippen LogP contribution in [0.5, 0.6) is 0 Å². The van der Waals surface area contributed by atoms with Crippen LogP contribution in [0.2, 0.25) is 5.02 Å². The fourth-order valence-corrected chi connectivity index (χ4v) is 3.86. The molecule has 0 aliphatic heterocycles. The van der Waals surface area contributed by atoms with Crippen LogP contribution in [0.4, 0.5) is 4.79 Å². The van der Waals surface area contributed by atoms with Gasteiger partial charge in [0.25, 0.3) is 0 Å². The average molecular weight is 426 g/mol. The van der Waals surface area contributed by atoms with Crippen LogP contribution in [0, 0.1) is 6.92 Å². The number of carbonyl (C=O) groups is 2. The van der Waals surface area contributed by atoms with Crippen LogP contribution in [-0.4, -0.2) is 38.7 Å². The fourth-order valence-electron chi connectivity index (χ4n) is 2.54. The van der Waals surface area contributed by atoms with Crippen molar-refractivity contribution in [3.05, 3.63) is 52.3 Å². The Morgan fingerprint density at radius 3 is 2.71 bits per heavy atom. The maximum Gasteiger partial charge on any atom is 0.408 e. The number of amides is 1. The molecule has 152 valence electrons. The first-order chi connectivity index (χ1) is 13.4. The van der Waals surface area contributed by atoms with E-state index in [-0.39, 0.29) is 13.0 Å². The molecule has 28 heavy (non-hydrogen) atoms. The molecule has 0 radical (unpaired) electrons. The van der Waals surface area contributed by atoms with Crippen molar-refractivity contribution in [2.24, 2.45) is 0 Å². The average Bonchev–Trinajstić information content (AvgIpc) is 2.96. The number of ether oxygens (including phenoxy) is 1. The van der Waals surface area contributed by atoms with Gasteiger partial charge in [0, 0.05) is 12.3 Å². The zero-order valence-electron chi connectivity index (χ0n) is 15.9. The van der Waals surface area contributed by atoms with Gasteiger partial charge < -0.3 is 15.2 Å². The molecule has 0 spiro atoms. The number of nitrogens with zero attached hydrogens (tertiary/aromatic N) is 2. The van der Waals surface area contributed by atoms with Crippen LogP contribution >= 0.6 is 23.4 Å². The minimum absolute atomic E-state index is 0.0899. The molecule has 0 saturated heterocycles. The van der Waals surface area contributed by atoms with E-state index in [1.807, 2.05) is 48.9 Å². The third-order valence-electron chi connectivity index (χ3n) is 4.05. The van der Waals surface area contributed by atoms with Gasteiger partial charge in [0.1, 0.15) is 12.6 Å². The minimum atomic E-state index is -1.09. The monoisotopic (exact) mass is 425 g/mol. The molecule has 1 heterocycles. The lowest BCUT2D eigenvalue weighted by Crippen LogP contribution is -2.41. The van der Waals surface area contributed by atoms with Crippen molar-refractivity contribution in [3.63, 3.8) is 0 Å². The summed E-state index contributed by atoms with van der Waals surface area (Å²) < 4.78 is 6.93. The quantitative estimate of drug-likeness (QED) is 0.561. The van der Waals surface area contributed by atoms with Gasteiger partial charge in [0.05, 0.1) is 16.4 Å². The number of carboxylic acid groups (broad SMARTS) is 1. The molecule has 1 aromatic heterocycles. The number of hydrogen-bond donors (Lipinski definition) is 2. The number of thioether (sulfide) groups is 1. The molecule has 0 aliphatic carbocycles. The summed E-state index contributed by atoms with van der Waals surface area (Å²) in [5, 5.41) is 16.7. The molecule has 1 aromatic carbocycles. The van der Waals surface area contributed by atoms with Gasteiger partial charge >= 0.3 is 12.1 Å². The van der Waals surface area contributed by atoms with Crippen molar-refractivity contribution in [2.45, 2.75) is 45.2 Å². The lowest BCUT2D eigenvalue weighted by molar-refractivity contribution is -0.139. The first-order valence-electron chi connectivity index (χ1n) is 8.91. The molecule has 2 rings (SSSR count). The Morgan fingerprint density at radius 2 is 2.07 bits per heavy atom. The number of carboxylic acids is 1. The van der Waals surface area contributed by atoms with Gasteiger partial charge in [-0.05, 0) is 31.6 Å². The van der Waals surface area contributed by atoms with Crippen molar-refractivity contribution in [1.29, 1.82) is 0 Å². The highest BCUT2D eigenvalue weighted by Crippen LogP contribution is 2.25. The van der Waals surface area contributed by atoms with Gasteiger partial charge in [0.2, 0.25) is 0 Å². The number of rotatable bonds is 10. The first kappa shape index (κ1) is 22.1. The number of benzene rings is 1. The number of halogens is 1. The van der Waals surface area contributed by atoms with E-state index in [1.54, 1.807) is 11.8 Å². The standard InChI is InChI=1S/C19H24ClN3O4S/c1-3-23-16(17(20)13(2)22-23)12-28-10-9-15(18(24)25)21-19(26)27-11-14-7-5-4-6-8-14/h4-8,15H,3,9-12H2,1-2H3,(H,21,26)(H,24,25). The van der Waals surface area contributed by atoms with E-state index in [1.165, 1.54) is 0 Å². The molecule has 0 bridgehead atoms. The molecule has 0 fully saturated rings. The lowest BCUT2D eigenvalue weighted by Gasteiger charge is -2.14. The smallest absolute Gasteiger partial charge is 0.408 e. The number of aryl methyl sites for hydroxylation is 2. The van der Waals surface area contributed by atoms with Crippen LogP contribution in [-0.2, 0) is 28.4 Å².